The first-order chi connectivity index (χ1) is 10.7. The predicted molar refractivity (Wildman–Crippen MR) is 87.1 cm³/mol. The molecule has 1 amide bonds. The molecule has 1 atom stereocenters. The molecular weight excluding hydrogens is 304 g/mol. The van der Waals surface area contributed by atoms with Crippen molar-refractivity contribution in [3.8, 4) is 11.5 Å². The number of hydrogen-bond acceptors (Lipinski definition) is 4. The van der Waals surface area contributed by atoms with Crippen molar-refractivity contribution in [1.82, 2.24) is 10.6 Å². The molecule has 1 saturated heterocycles. The fourth-order valence-corrected chi connectivity index (χ4v) is 2.70. The molecule has 1 aliphatic heterocycles. The lowest BCUT2D eigenvalue weighted by Crippen LogP contribution is -2.45. The Bertz CT molecular complexity index is 516. The SMILES string of the molecule is CCCOc1c(Cl)cc(C(=O)NC2CCCNC2)cc1OC. The first-order valence-electron chi connectivity index (χ1n) is 7.67. The number of ether oxygens (including phenoxy) is 2. The van der Waals surface area contributed by atoms with Gasteiger partial charge in [0, 0.05) is 18.2 Å². The average molecular weight is 327 g/mol. The summed E-state index contributed by atoms with van der Waals surface area (Å²) >= 11 is 6.24. The predicted octanol–water partition coefficient (Wildman–Crippen LogP) is 2.62. The van der Waals surface area contributed by atoms with Crippen LogP contribution < -0.4 is 20.1 Å². The number of hydrogen-bond donors (Lipinski definition) is 2. The van der Waals surface area contributed by atoms with Crippen LogP contribution >= 0.6 is 11.6 Å². The Morgan fingerprint density at radius 2 is 2.32 bits per heavy atom. The van der Waals surface area contributed by atoms with Gasteiger partial charge in [0.2, 0.25) is 0 Å². The molecule has 22 heavy (non-hydrogen) atoms. The molecule has 0 saturated carbocycles. The zero-order chi connectivity index (χ0) is 15.9. The maximum atomic E-state index is 12.4. The van der Waals surface area contributed by atoms with Gasteiger partial charge in [-0.3, -0.25) is 4.79 Å². The third-order valence-electron chi connectivity index (χ3n) is 3.57. The van der Waals surface area contributed by atoms with Crippen LogP contribution in [0.5, 0.6) is 11.5 Å². The first kappa shape index (κ1) is 16.9. The smallest absolute Gasteiger partial charge is 0.251 e. The largest absolute Gasteiger partial charge is 0.493 e. The quantitative estimate of drug-likeness (QED) is 0.843. The fraction of sp³-hybridized carbons (Fsp3) is 0.562. The van der Waals surface area contributed by atoms with E-state index >= 15 is 0 Å². The zero-order valence-corrected chi connectivity index (χ0v) is 13.8. The van der Waals surface area contributed by atoms with Gasteiger partial charge in [-0.2, -0.15) is 0 Å². The minimum Gasteiger partial charge on any atom is -0.493 e. The Morgan fingerprint density at radius 3 is 2.95 bits per heavy atom. The van der Waals surface area contributed by atoms with Crippen molar-refractivity contribution in [2.75, 3.05) is 26.8 Å². The summed E-state index contributed by atoms with van der Waals surface area (Å²) < 4.78 is 10.9. The van der Waals surface area contributed by atoms with E-state index in [1.807, 2.05) is 6.92 Å². The van der Waals surface area contributed by atoms with Crippen LogP contribution in [-0.4, -0.2) is 38.8 Å². The van der Waals surface area contributed by atoms with Crippen LogP contribution in [0.1, 0.15) is 36.5 Å². The molecule has 1 fully saturated rings. The summed E-state index contributed by atoms with van der Waals surface area (Å²) in [5.74, 6) is 0.825. The van der Waals surface area contributed by atoms with Gasteiger partial charge in [-0.25, -0.2) is 0 Å². The molecule has 1 heterocycles. The molecule has 0 bridgehead atoms. The van der Waals surface area contributed by atoms with E-state index in [0.29, 0.717) is 28.7 Å². The number of methoxy groups -OCH3 is 1. The van der Waals surface area contributed by atoms with Crippen LogP contribution in [0.2, 0.25) is 5.02 Å². The van der Waals surface area contributed by atoms with E-state index in [4.69, 9.17) is 21.1 Å². The normalized spacial score (nSPS) is 17.9. The van der Waals surface area contributed by atoms with E-state index in [9.17, 15) is 4.79 Å². The highest BCUT2D eigenvalue weighted by Crippen LogP contribution is 2.36. The van der Waals surface area contributed by atoms with Crippen molar-refractivity contribution in [3.05, 3.63) is 22.7 Å². The van der Waals surface area contributed by atoms with Gasteiger partial charge in [0.1, 0.15) is 0 Å². The molecule has 0 spiro atoms. The number of carbonyl (C=O) groups excluding carboxylic acids is 1. The van der Waals surface area contributed by atoms with Crippen molar-refractivity contribution in [2.24, 2.45) is 0 Å². The van der Waals surface area contributed by atoms with Crippen LogP contribution in [-0.2, 0) is 0 Å². The Hall–Kier alpha value is -1.46. The Labute approximate surface area is 136 Å². The second-order valence-electron chi connectivity index (χ2n) is 5.35. The lowest BCUT2D eigenvalue weighted by Gasteiger charge is -2.24. The molecule has 1 aromatic rings. The third kappa shape index (κ3) is 4.27. The molecule has 2 N–H and O–H groups in total. The zero-order valence-electron chi connectivity index (χ0n) is 13.1. The summed E-state index contributed by atoms with van der Waals surface area (Å²) in [6, 6.07) is 3.45. The summed E-state index contributed by atoms with van der Waals surface area (Å²) in [6.45, 7) is 4.37. The lowest BCUT2D eigenvalue weighted by molar-refractivity contribution is 0.0930. The minimum absolute atomic E-state index is 0.143. The highest BCUT2D eigenvalue weighted by molar-refractivity contribution is 6.32. The summed E-state index contributed by atoms with van der Waals surface area (Å²) in [6.07, 6.45) is 2.93. The van der Waals surface area contributed by atoms with E-state index in [1.54, 1.807) is 12.1 Å². The standard InChI is InChI=1S/C16H23ClN2O3/c1-3-7-22-15-13(17)8-11(9-14(15)21-2)16(20)19-12-5-4-6-18-10-12/h8-9,12,18H,3-7,10H2,1-2H3,(H,19,20). The highest BCUT2D eigenvalue weighted by Gasteiger charge is 2.19. The van der Waals surface area contributed by atoms with Gasteiger partial charge >= 0.3 is 0 Å². The molecule has 1 aliphatic rings. The summed E-state index contributed by atoms with van der Waals surface area (Å²) in [4.78, 5) is 12.4. The van der Waals surface area contributed by atoms with Crippen LogP contribution in [0.3, 0.4) is 0 Å². The summed E-state index contributed by atoms with van der Waals surface area (Å²) in [5, 5.41) is 6.68. The van der Waals surface area contributed by atoms with Gasteiger partial charge in [-0.1, -0.05) is 18.5 Å². The topological polar surface area (TPSA) is 59.6 Å². The monoisotopic (exact) mass is 326 g/mol. The van der Waals surface area contributed by atoms with Crippen molar-refractivity contribution >= 4 is 17.5 Å². The van der Waals surface area contributed by atoms with Gasteiger partial charge in [-0.15, -0.1) is 0 Å². The highest BCUT2D eigenvalue weighted by atomic mass is 35.5. The first-order valence-corrected chi connectivity index (χ1v) is 8.05. The Balaban J connectivity index is 2.12. The Kier molecular flexibility index (Phi) is 6.34. The molecule has 6 heteroatoms. The maximum Gasteiger partial charge on any atom is 0.251 e. The van der Waals surface area contributed by atoms with Crippen molar-refractivity contribution in [1.29, 1.82) is 0 Å². The van der Waals surface area contributed by atoms with E-state index in [0.717, 1.165) is 32.4 Å². The van der Waals surface area contributed by atoms with Crippen LogP contribution in [0.25, 0.3) is 0 Å². The molecule has 0 aromatic heterocycles. The second-order valence-corrected chi connectivity index (χ2v) is 5.76. The number of rotatable bonds is 6. The second kappa shape index (κ2) is 8.25. The Morgan fingerprint density at radius 1 is 1.50 bits per heavy atom. The lowest BCUT2D eigenvalue weighted by atomic mass is 10.1. The third-order valence-corrected chi connectivity index (χ3v) is 3.86. The molecular formula is C16H23ClN2O3. The van der Waals surface area contributed by atoms with Gasteiger partial charge in [-0.05, 0) is 37.9 Å². The molecule has 1 unspecified atom stereocenters. The summed E-state index contributed by atoms with van der Waals surface area (Å²) in [5.41, 5.74) is 0.483. The number of amides is 1. The molecule has 5 nitrogen and oxygen atoms in total. The van der Waals surface area contributed by atoms with Crippen molar-refractivity contribution in [3.63, 3.8) is 0 Å². The summed E-state index contributed by atoms with van der Waals surface area (Å²) in [7, 11) is 1.54. The number of piperidine rings is 1. The maximum absolute atomic E-state index is 12.4. The number of nitrogens with one attached hydrogen (secondary N) is 2. The fourth-order valence-electron chi connectivity index (χ4n) is 2.44. The van der Waals surface area contributed by atoms with E-state index in [2.05, 4.69) is 10.6 Å². The average Bonchev–Trinajstić information content (AvgIpc) is 2.54. The van der Waals surface area contributed by atoms with Crippen LogP contribution in [0.15, 0.2) is 12.1 Å². The minimum atomic E-state index is -0.143. The molecule has 2 rings (SSSR count). The van der Waals surface area contributed by atoms with Crippen LogP contribution in [0, 0.1) is 0 Å². The van der Waals surface area contributed by atoms with Gasteiger partial charge < -0.3 is 20.1 Å². The van der Waals surface area contributed by atoms with Gasteiger partial charge in [0.05, 0.1) is 18.7 Å². The number of halogens is 1. The van der Waals surface area contributed by atoms with Gasteiger partial charge in [0.25, 0.3) is 5.91 Å². The van der Waals surface area contributed by atoms with E-state index < -0.39 is 0 Å². The number of benzene rings is 1. The van der Waals surface area contributed by atoms with E-state index in [1.165, 1.54) is 7.11 Å². The molecule has 1 aromatic carbocycles. The van der Waals surface area contributed by atoms with E-state index in [-0.39, 0.29) is 11.9 Å². The van der Waals surface area contributed by atoms with Crippen molar-refractivity contribution < 1.29 is 14.3 Å². The number of carbonyl (C=O) groups is 1. The van der Waals surface area contributed by atoms with Crippen LogP contribution in [0.4, 0.5) is 0 Å². The molecule has 0 aliphatic carbocycles. The van der Waals surface area contributed by atoms with Crippen molar-refractivity contribution in [2.45, 2.75) is 32.2 Å². The molecule has 0 radical (unpaired) electrons. The van der Waals surface area contributed by atoms with Gasteiger partial charge in [0.15, 0.2) is 11.5 Å². The molecule has 122 valence electrons.